The molecule has 0 bridgehead atoms. The molecule has 1 atom stereocenters. The molecule has 0 radical (unpaired) electrons. The van der Waals surface area contributed by atoms with Gasteiger partial charge in [-0.15, -0.1) is 0 Å². The van der Waals surface area contributed by atoms with Crippen molar-refractivity contribution in [2.75, 3.05) is 12.3 Å². The molecule has 1 fully saturated rings. The maximum Gasteiger partial charge on any atom is 0.340 e. The van der Waals surface area contributed by atoms with Gasteiger partial charge in [0, 0.05) is 6.54 Å². The Morgan fingerprint density at radius 1 is 1.19 bits per heavy atom. The lowest BCUT2D eigenvalue weighted by atomic mass is 9.89. The van der Waals surface area contributed by atoms with Crippen LogP contribution in [-0.2, 0) is 19.4 Å². The maximum atomic E-state index is 12.4. The Kier molecular flexibility index (Phi) is 7.20. The van der Waals surface area contributed by atoms with E-state index in [0.29, 0.717) is 12.5 Å². The molecule has 1 saturated carbocycles. The molecular formula is C19H27NO5S. The fraction of sp³-hybridized carbons (Fsp3) is 0.579. The highest BCUT2D eigenvalue weighted by Crippen LogP contribution is 2.23. The minimum Gasteiger partial charge on any atom is -0.449 e. The van der Waals surface area contributed by atoms with Gasteiger partial charge in [0.05, 0.1) is 16.2 Å². The molecule has 1 aromatic carbocycles. The summed E-state index contributed by atoms with van der Waals surface area (Å²) in [7, 11) is -3.56. The lowest BCUT2D eigenvalue weighted by Crippen LogP contribution is -2.38. The average molecular weight is 381 g/mol. The maximum absolute atomic E-state index is 12.4. The van der Waals surface area contributed by atoms with E-state index in [1.807, 2.05) is 0 Å². The lowest BCUT2D eigenvalue weighted by Gasteiger charge is -2.22. The second kappa shape index (κ2) is 9.16. The quantitative estimate of drug-likeness (QED) is 0.734. The Hall–Kier alpha value is -1.89. The molecule has 0 aromatic heterocycles. The number of rotatable bonds is 7. The van der Waals surface area contributed by atoms with Crippen molar-refractivity contribution in [1.82, 2.24) is 5.32 Å². The zero-order valence-electron chi connectivity index (χ0n) is 15.4. The van der Waals surface area contributed by atoms with Gasteiger partial charge in [-0.3, -0.25) is 4.79 Å². The number of carbonyl (C=O) groups is 2. The van der Waals surface area contributed by atoms with Crippen LogP contribution in [0.5, 0.6) is 0 Å². The smallest absolute Gasteiger partial charge is 0.340 e. The molecule has 1 aliphatic rings. The molecule has 1 aromatic rings. The second-order valence-corrected chi connectivity index (χ2v) is 8.94. The molecule has 1 amide bonds. The van der Waals surface area contributed by atoms with Crippen molar-refractivity contribution < 1.29 is 22.7 Å². The van der Waals surface area contributed by atoms with Crippen LogP contribution in [0.2, 0.25) is 0 Å². The first-order valence-electron chi connectivity index (χ1n) is 9.15. The Bertz CT molecular complexity index is 738. The molecule has 2 rings (SSSR count). The minimum atomic E-state index is -3.56. The van der Waals surface area contributed by atoms with Crippen LogP contribution in [0.3, 0.4) is 0 Å². The van der Waals surface area contributed by atoms with Gasteiger partial charge in [0.1, 0.15) is 0 Å². The van der Waals surface area contributed by atoms with Crippen LogP contribution >= 0.6 is 0 Å². The first-order valence-corrected chi connectivity index (χ1v) is 10.8. The molecular weight excluding hydrogens is 354 g/mol. The molecule has 6 nitrogen and oxygen atoms in total. The topological polar surface area (TPSA) is 89.5 Å². The fourth-order valence-electron chi connectivity index (χ4n) is 3.12. The molecule has 0 spiro atoms. The highest BCUT2D eigenvalue weighted by Gasteiger charge is 2.25. The van der Waals surface area contributed by atoms with Crippen molar-refractivity contribution in [3.8, 4) is 0 Å². The molecule has 26 heavy (non-hydrogen) atoms. The summed E-state index contributed by atoms with van der Waals surface area (Å²) < 4.78 is 29.5. The van der Waals surface area contributed by atoms with Gasteiger partial charge in [0.25, 0.3) is 5.91 Å². The number of ether oxygens (including phenoxy) is 1. The molecule has 0 heterocycles. The van der Waals surface area contributed by atoms with Crippen LogP contribution in [0.1, 0.15) is 56.3 Å². The Labute approximate surface area is 155 Å². The van der Waals surface area contributed by atoms with E-state index in [2.05, 4.69) is 5.32 Å². The van der Waals surface area contributed by atoms with E-state index in [9.17, 15) is 18.0 Å². The van der Waals surface area contributed by atoms with Crippen molar-refractivity contribution in [1.29, 1.82) is 0 Å². The van der Waals surface area contributed by atoms with Crippen molar-refractivity contribution in [3.05, 3.63) is 29.8 Å². The summed E-state index contributed by atoms with van der Waals surface area (Å²) >= 11 is 0. The standard InChI is InChI=1S/C19H27NO5S/c1-3-26(23,24)17-12-8-7-11-16(17)19(22)25-14(2)18(21)20-13-15-9-5-4-6-10-15/h7-8,11-12,14-15H,3-6,9-10,13H2,1-2H3,(H,20,21). The van der Waals surface area contributed by atoms with Gasteiger partial charge in [-0.05, 0) is 37.8 Å². The number of amides is 1. The van der Waals surface area contributed by atoms with Crippen molar-refractivity contribution in [3.63, 3.8) is 0 Å². The summed E-state index contributed by atoms with van der Waals surface area (Å²) in [5.41, 5.74) is -0.0405. The number of benzene rings is 1. The van der Waals surface area contributed by atoms with E-state index in [0.717, 1.165) is 12.8 Å². The molecule has 1 unspecified atom stereocenters. The van der Waals surface area contributed by atoms with Crippen LogP contribution in [0.4, 0.5) is 0 Å². The molecule has 0 aliphatic heterocycles. The highest BCUT2D eigenvalue weighted by molar-refractivity contribution is 7.91. The number of esters is 1. The van der Waals surface area contributed by atoms with Gasteiger partial charge in [-0.25, -0.2) is 13.2 Å². The summed E-state index contributed by atoms with van der Waals surface area (Å²) in [6.45, 7) is 3.59. The molecule has 144 valence electrons. The number of hydrogen-bond donors (Lipinski definition) is 1. The first kappa shape index (κ1) is 20.4. The zero-order chi connectivity index (χ0) is 19.2. The van der Waals surface area contributed by atoms with E-state index >= 15 is 0 Å². The van der Waals surface area contributed by atoms with Gasteiger partial charge in [0.15, 0.2) is 15.9 Å². The molecule has 1 N–H and O–H groups in total. The van der Waals surface area contributed by atoms with Gasteiger partial charge in [-0.1, -0.05) is 38.3 Å². The summed E-state index contributed by atoms with van der Waals surface area (Å²) in [4.78, 5) is 24.5. The van der Waals surface area contributed by atoms with E-state index in [-0.39, 0.29) is 22.1 Å². The third-order valence-corrected chi connectivity index (χ3v) is 6.55. The van der Waals surface area contributed by atoms with Crippen LogP contribution in [-0.4, -0.2) is 38.7 Å². The van der Waals surface area contributed by atoms with Crippen molar-refractivity contribution >= 4 is 21.7 Å². The fourth-order valence-corrected chi connectivity index (χ4v) is 4.20. The minimum absolute atomic E-state index is 0.0405. The molecule has 7 heteroatoms. The number of hydrogen-bond acceptors (Lipinski definition) is 5. The van der Waals surface area contributed by atoms with Crippen LogP contribution in [0.15, 0.2) is 29.2 Å². The van der Waals surface area contributed by atoms with Gasteiger partial charge in [0.2, 0.25) is 0 Å². The predicted octanol–water partition coefficient (Wildman–Crippen LogP) is 2.72. The number of nitrogens with one attached hydrogen (secondary N) is 1. The summed E-state index contributed by atoms with van der Waals surface area (Å²) in [5, 5.41) is 2.83. The predicted molar refractivity (Wildman–Crippen MR) is 98.6 cm³/mol. The molecule has 0 saturated heterocycles. The summed E-state index contributed by atoms with van der Waals surface area (Å²) in [6, 6.07) is 5.90. The normalized spacial score (nSPS) is 16.7. The average Bonchev–Trinajstić information content (AvgIpc) is 2.66. The van der Waals surface area contributed by atoms with Gasteiger partial charge >= 0.3 is 5.97 Å². The third kappa shape index (κ3) is 5.30. The van der Waals surface area contributed by atoms with Gasteiger partial charge in [-0.2, -0.15) is 0 Å². The first-order chi connectivity index (χ1) is 12.3. The molecule has 1 aliphatic carbocycles. The second-order valence-electron chi connectivity index (χ2n) is 6.70. The zero-order valence-corrected chi connectivity index (χ0v) is 16.2. The third-order valence-electron chi connectivity index (χ3n) is 4.76. The van der Waals surface area contributed by atoms with E-state index in [1.54, 1.807) is 12.1 Å². The van der Waals surface area contributed by atoms with Crippen LogP contribution in [0, 0.1) is 5.92 Å². The lowest BCUT2D eigenvalue weighted by molar-refractivity contribution is -0.129. The summed E-state index contributed by atoms with van der Waals surface area (Å²) in [5.74, 6) is -0.807. The van der Waals surface area contributed by atoms with E-state index in [4.69, 9.17) is 4.74 Å². The van der Waals surface area contributed by atoms with Crippen molar-refractivity contribution in [2.24, 2.45) is 5.92 Å². The van der Waals surface area contributed by atoms with E-state index < -0.39 is 21.9 Å². The Balaban J connectivity index is 1.97. The van der Waals surface area contributed by atoms with Crippen LogP contribution < -0.4 is 5.32 Å². The SMILES string of the molecule is CCS(=O)(=O)c1ccccc1C(=O)OC(C)C(=O)NCC1CCCCC1. The highest BCUT2D eigenvalue weighted by atomic mass is 32.2. The number of carbonyl (C=O) groups excluding carboxylic acids is 2. The van der Waals surface area contributed by atoms with Crippen molar-refractivity contribution in [2.45, 2.75) is 57.0 Å². The van der Waals surface area contributed by atoms with Gasteiger partial charge < -0.3 is 10.1 Å². The van der Waals surface area contributed by atoms with E-state index in [1.165, 1.54) is 45.2 Å². The van der Waals surface area contributed by atoms with Crippen LogP contribution in [0.25, 0.3) is 0 Å². The Morgan fingerprint density at radius 3 is 2.50 bits per heavy atom. The largest absolute Gasteiger partial charge is 0.449 e. The monoisotopic (exact) mass is 381 g/mol. The Morgan fingerprint density at radius 2 is 1.85 bits per heavy atom. The summed E-state index contributed by atoms with van der Waals surface area (Å²) in [6.07, 6.45) is 4.86. The number of sulfone groups is 1.